The Morgan fingerprint density at radius 2 is 1.72 bits per heavy atom. The number of anilines is 1. The molecule has 3 aromatic rings. The molecule has 2 aromatic heterocycles. The van der Waals surface area contributed by atoms with Crippen LogP contribution in [0.5, 0.6) is 0 Å². The van der Waals surface area contributed by atoms with Gasteiger partial charge in [0.05, 0.1) is 17.3 Å². The molecule has 8 nitrogen and oxygen atoms in total. The number of nitriles is 1. The van der Waals surface area contributed by atoms with Crippen LogP contribution in [0.2, 0.25) is 0 Å². The van der Waals surface area contributed by atoms with Gasteiger partial charge in [-0.3, -0.25) is 4.79 Å². The number of carbonyl (C=O) groups excluding carboxylic acids is 1. The lowest BCUT2D eigenvalue weighted by molar-refractivity contribution is 0.0746. The van der Waals surface area contributed by atoms with Gasteiger partial charge in [-0.15, -0.1) is 10.2 Å². The van der Waals surface area contributed by atoms with Crippen molar-refractivity contribution in [2.75, 3.05) is 31.1 Å². The number of rotatable bonds is 3. The van der Waals surface area contributed by atoms with Crippen molar-refractivity contribution in [3.05, 3.63) is 65.0 Å². The number of aromatic nitrogens is 4. The fraction of sp³-hybridized carbons (Fsp3) is 0.286. The number of benzene rings is 1. The monoisotopic (exact) mass is 387 g/mol. The molecule has 29 heavy (non-hydrogen) atoms. The third-order valence-corrected chi connectivity index (χ3v) is 4.99. The summed E-state index contributed by atoms with van der Waals surface area (Å²) in [5.41, 5.74) is 2.99. The van der Waals surface area contributed by atoms with Crippen LogP contribution in [0.25, 0.3) is 5.82 Å². The molecule has 146 valence electrons. The van der Waals surface area contributed by atoms with E-state index in [1.54, 1.807) is 28.9 Å². The number of nitrogens with zero attached hydrogens (tertiary/aromatic N) is 7. The Bertz CT molecular complexity index is 1070. The van der Waals surface area contributed by atoms with E-state index in [0.29, 0.717) is 43.1 Å². The molecule has 4 rings (SSSR count). The first-order valence-corrected chi connectivity index (χ1v) is 9.47. The average molecular weight is 387 g/mol. The van der Waals surface area contributed by atoms with E-state index in [0.717, 1.165) is 17.2 Å². The van der Waals surface area contributed by atoms with Gasteiger partial charge in [0.1, 0.15) is 0 Å². The minimum atomic E-state index is -0.0484. The van der Waals surface area contributed by atoms with E-state index in [9.17, 15) is 4.79 Å². The zero-order valence-corrected chi connectivity index (χ0v) is 16.4. The van der Waals surface area contributed by atoms with Crippen LogP contribution in [0.4, 0.5) is 5.82 Å². The molecule has 1 aliphatic rings. The van der Waals surface area contributed by atoms with E-state index in [4.69, 9.17) is 5.26 Å². The maximum absolute atomic E-state index is 12.7. The van der Waals surface area contributed by atoms with Crippen LogP contribution in [0.15, 0.2) is 42.5 Å². The highest BCUT2D eigenvalue weighted by atomic mass is 16.2. The highest BCUT2D eigenvalue weighted by molar-refractivity contribution is 5.94. The number of carbonyl (C=O) groups is 1. The highest BCUT2D eigenvalue weighted by Gasteiger charge is 2.23. The van der Waals surface area contributed by atoms with Crippen molar-refractivity contribution in [2.45, 2.75) is 13.8 Å². The van der Waals surface area contributed by atoms with Gasteiger partial charge in [0, 0.05) is 37.4 Å². The predicted octanol–water partition coefficient (Wildman–Crippen LogP) is 2.11. The van der Waals surface area contributed by atoms with Gasteiger partial charge < -0.3 is 9.80 Å². The lowest BCUT2D eigenvalue weighted by atomic mass is 10.1. The van der Waals surface area contributed by atoms with Crippen molar-refractivity contribution in [3.63, 3.8) is 0 Å². The van der Waals surface area contributed by atoms with Crippen LogP contribution in [0.3, 0.4) is 0 Å². The number of piperazine rings is 1. The largest absolute Gasteiger partial charge is 0.352 e. The molecular weight excluding hydrogens is 366 g/mol. The van der Waals surface area contributed by atoms with Gasteiger partial charge in [-0.2, -0.15) is 10.4 Å². The summed E-state index contributed by atoms with van der Waals surface area (Å²) in [5.74, 6) is 1.42. The van der Waals surface area contributed by atoms with E-state index in [-0.39, 0.29) is 5.91 Å². The zero-order chi connectivity index (χ0) is 20.4. The molecule has 8 heteroatoms. The van der Waals surface area contributed by atoms with Crippen LogP contribution in [-0.4, -0.2) is 57.0 Å². The predicted molar refractivity (Wildman–Crippen MR) is 108 cm³/mol. The van der Waals surface area contributed by atoms with Crippen molar-refractivity contribution in [1.29, 1.82) is 5.26 Å². The molecular formula is C21H21N7O. The van der Waals surface area contributed by atoms with Crippen molar-refractivity contribution >= 4 is 11.7 Å². The topological polar surface area (TPSA) is 90.9 Å². The fourth-order valence-corrected chi connectivity index (χ4v) is 3.50. The van der Waals surface area contributed by atoms with Crippen LogP contribution in [-0.2, 0) is 0 Å². The number of aryl methyl sites for hydroxylation is 2. The maximum atomic E-state index is 12.7. The molecule has 1 amide bonds. The Labute approximate surface area is 169 Å². The first kappa shape index (κ1) is 18.6. The molecule has 0 N–H and O–H groups in total. The zero-order valence-electron chi connectivity index (χ0n) is 16.4. The second-order valence-corrected chi connectivity index (χ2v) is 7.06. The quantitative estimate of drug-likeness (QED) is 0.684. The summed E-state index contributed by atoms with van der Waals surface area (Å²) >= 11 is 0. The second-order valence-electron chi connectivity index (χ2n) is 7.06. The third-order valence-electron chi connectivity index (χ3n) is 4.99. The molecule has 3 heterocycles. The Morgan fingerprint density at radius 1 is 1.00 bits per heavy atom. The van der Waals surface area contributed by atoms with Gasteiger partial charge in [0.15, 0.2) is 11.6 Å². The Balaban J connectivity index is 1.41. The number of hydrogen-bond acceptors (Lipinski definition) is 6. The molecule has 0 unspecified atom stereocenters. The van der Waals surface area contributed by atoms with Gasteiger partial charge >= 0.3 is 0 Å². The summed E-state index contributed by atoms with van der Waals surface area (Å²) in [5, 5.41) is 22.1. The van der Waals surface area contributed by atoms with Gasteiger partial charge in [-0.1, -0.05) is 6.07 Å². The Hall–Kier alpha value is -3.73. The summed E-state index contributed by atoms with van der Waals surface area (Å²) in [7, 11) is 0. The standard InChI is InChI=1S/C21H21N7O/c1-15-12-16(2)28(25-15)20-7-6-19(23-24-20)26-8-10-27(11-9-26)21(29)18-5-3-4-17(13-18)14-22/h3-7,12-13H,8-11H2,1-2H3. The second kappa shape index (κ2) is 7.72. The number of amides is 1. The third kappa shape index (κ3) is 3.80. The maximum Gasteiger partial charge on any atom is 0.254 e. The smallest absolute Gasteiger partial charge is 0.254 e. The van der Waals surface area contributed by atoms with Crippen molar-refractivity contribution in [2.24, 2.45) is 0 Å². The molecule has 0 spiro atoms. The van der Waals surface area contributed by atoms with Gasteiger partial charge in [0.2, 0.25) is 0 Å². The lowest BCUT2D eigenvalue weighted by Crippen LogP contribution is -2.49. The highest BCUT2D eigenvalue weighted by Crippen LogP contribution is 2.17. The van der Waals surface area contributed by atoms with E-state index in [1.165, 1.54) is 0 Å². The van der Waals surface area contributed by atoms with Crippen LogP contribution in [0.1, 0.15) is 27.3 Å². The SMILES string of the molecule is Cc1cc(C)n(-c2ccc(N3CCN(C(=O)c4cccc(C#N)c4)CC3)nn2)n1. The summed E-state index contributed by atoms with van der Waals surface area (Å²) in [6, 6.07) is 14.7. The summed E-state index contributed by atoms with van der Waals surface area (Å²) in [4.78, 5) is 16.6. The van der Waals surface area contributed by atoms with Gasteiger partial charge in [-0.05, 0) is 50.2 Å². The summed E-state index contributed by atoms with van der Waals surface area (Å²) < 4.78 is 1.78. The minimum absolute atomic E-state index is 0.0484. The molecule has 1 fully saturated rings. The lowest BCUT2D eigenvalue weighted by Gasteiger charge is -2.35. The molecule has 0 saturated carbocycles. The molecule has 0 aliphatic carbocycles. The molecule has 0 atom stereocenters. The fourth-order valence-electron chi connectivity index (χ4n) is 3.50. The van der Waals surface area contributed by atoms with E-state index >= 15 is 0 Å². The van der Waals surface area contributed by atoms with E-state index in [1.807, 2.05) is 36.9 Å². The van der Waals surface area contributed by atoms with Crippen LogP contribution >= 0.6 is 0 Å². The first-order valence-electron chi connectivity index (χ1n) is 9.47. The molecule has 0 bridgehead atoms. The molecule has 0 radical (unpaired) electrons. The van der Waals surface area contributed by atoms with Crippen molar-refractivity contribution < 1.29 is 4.79 Å². The van der Waals surface area contributed by atoms with Crippen LogP contribution < -0.4 is 4.90 Å². The van der Waals surface area contributed by atoms with Crippen LogP contribution in [0, 0.1) is 25.2 Å². The molecule has 1 aliphatic heterocycles. The molecule has 1 aromatic carbocycles. The average Bonchev–Trinajstić information content (AvgIpc) is 3.11. The van der Waals surface area contributed by atoms with Crippen molar-refractivity contribution in [3.8, 4) is 11.9 Å². The van der Waals surface area contributed by atoms with Gasteiger partial charge in [-0.25, -0.2) is 4.68 Å². The Kier molecular flexibility index (Phi) is 4.96. The first-order chi connectivity index (χ1) is 14.0. The minimum Gasteiger partial charge on any atom is -0.352 e. The summed E-state index contributed by atoms with van der Waals surface area (Å²) in [6.45, 7) is 6.48. The van der Waals surface area contributed by atoms with Gasteiger partial charge in [0.25, 0.3) is 5.91 Å². The normalized spacial score (nSPS) is 14.0. The van der Waals surface area contributed by atoms with Crippen molar-refractivity contribution in [1.82, 2.24) is 24.9 Å². The van der Waals surface area contributed by atoms with E-state index in [2.05, 4.69) is 26.3 Å². The Morgan fingerprint density at radius 3 is 2.34 bits per heavy atom. The van der Waals surface area contributed by atoms with E-state index < -0.39 is 0 Å². The molecule has 1 saturated heterocycles. The number of hydrogen-bond donors (Lipinski definition) is 0. The summed E-state index contributed by atoms with van der Waals surface area (Å²) in [6.07, 6.45) is 0.